The van der Waals surface area contributed by atoms with E-state index in [0.717, 1.165) is 53.8 Å². The van der Waals surface area contributed by atoms with Gasteiger partial charge in [0.1, 0.15) is 13.2 Å². The lowest BCUT2D eigenvalue weighted by atomic mass is 9.71. The van der Waals surface area contributed by atoms with Gasteiger partial charge in [-0.25, -0.2) is 0 Å². The first kappa shape index (κ1) is 30.8. The van der Waals surface area contributed by atoms with Crippen LogP contribution in [0.3, 0.4) is 0 Å². The first-order chi connectivity index (χ1) is 21.9. The average Bonchev–Trinajstić information content (AvgIpc) is 3.05. The number of hydrogen-bond donors (Lipinski definition) is 0. The van der Waals surface area contributed by atoms with Crippen molar-refractivity contribution in [3.05, 3.63) is 105 Å². The Kier molecular flexibility index (Phi) is 9.17. The van der Waals surface area contributed by atoms with E-state index >= 15 is 0 Å². The Morgan fingerprint density at radius 2 is 1.42 bits per heavy atom. The third-order valence-corrected chi connectivity index (χ3v) is 9.04. The third-order valence-electron chi connectivity index (χ3n) is 8.76. The van der Waals surface area contributed by atoms with Crippen molar-refractivity contribution in [2.75, 3.05) is 20.8 Å². The molecule has 0 saturated carbocycles. The summed E-state index contributed by atoms with van der Waals surface area (Å²) in [7, 11) is 3.55. The second kappa shape index (κ2) is 13.4. The van der Waals surface area contributed by atoms with E-state index in [2.05, 4.69) is 4.90 Å². The molecule has 7 nitrogen and oxygen atoms in total. The van der Waals surface area contributed by atoms with Crippen molar-refractivity contribution >= 4 is 23.2 Å². The van der Waals surface area contributed by atoms with Gasteiger partial charge in [0.25, 0.3) is 0 Å². The Bertz CT molecular complexity index is 1630. The summed E-state index contributed by atoms with van der Waals surface area (Å²) in [6.45, 7) is 3.07. The smallest absolute Gasteiger partial charge is 0.180 e. The standard InChI is InChI=1S/C37H38ClNO6/c1-4-43-32-18-24(16-17-31(32)44-21-23-10-6-5-7-11-23)22-45-37-26(38)19-25(20-33(37)42-3)34-35-27(12-8-14-29(35)40)39(2)28-13-9-15-30(41)36(28)34/h5-7,10-11,16-20,34H,4,8-9,12-15,21-22H2,1-3H3. The average molecular weight is 628 g/mol. The lowest BCUT2D eigenvalue weighted by Crippen LogP contribution is -2.37. The van der Waals surface area contributed by atoms with Gasteiger partial charge in [0.15, 0.2) is 34.6 Å². The second-order valence-electron chi connectivity index (χ2n) is 11.6. The Morgan fingerprint density at radius 1 is 0.756 bits per heavy atom. The molecule has 1 heterocycles. The van der Waals surface area contributed by atoms with Gasteiger partial charge in [-0.3, -0.25) is 9.59 Å². The Balaban J connectivity index is 1.28. The van der Waals surface area contributed by atoms with Crippen LogP contribution in [-0.2, 0) is 22.8 Å². The monoisotopic (exact) mass is 627 g/mol. The van der Waals surface area contributed by atoms with Gasteiger partial charge in [0.2, 0.25) is 0 Å². The summed E-state index contributed by atoms with van der Waals surface area (Å²) in [6, 6.07) is 19.4. The van der Waals surface area contributed by atoms with Crippen LogP contribution in [0.1, 0.15) is 68.1 Å². The predicted octanol–water partition coefficient (Wildman–Crippen LogP) is 7.95. The van der Waals surface area contributed by atoms with Crippen LogP contribution in [0.4, 0.5) is 0 Å². The molecule has 0 atom stereocenters. The molecule has 0 saturated heterocycles. The van der Waals surface area contributed by atoms with Gasteiger partial charge in [-0.2, -0.15) is 0 Å². The Morgan fingerprint density at radius 3 is 2.07 bits per heavy atom. The summed E-state index contributed by atoms with van der Waals surface area (Å²) >= 11 is 6.89. The summed E-state index contributed by atoms with van der Waals surface area (Å²) in [5.41, 5.74) is 6.15. The van der Waals surface area contributed by atoms with Gasteiger partial charge < -0.3 is 23.8 Å². The molecular weight excluding hydrogens is 590 g/mol. The number of rotatable bonds is 10. The number of Topliss-reactive ketones (excluding diaryl/α,β-unsaturated/α-hetero) is 2. The molecule has 0 spiro atoms. The van der Waals surface area contributed by atoms with E-state index in [1.54, 1.807) is 7.11 Å². The summed E-state index contributed by atoms with van der Waals surface area (Å²) in [6.07, 6.45) is 4.20. The van der Waals surface area contributed by atoms with E-state index in [0.29, 0.717) is 65.2 Å². The van der Waals surface area contributed by atoms with Crippen LogP contribution in [0.15, 0.2) is 83.2 Å². The van der Waals surface area contributed by atoms with Crippen molar-refractivity contribution in [3.63, 3.8) is 0 Å². The van der Waals surface area contributed by atoms with Crippen LogP contribution in [0.2, 0.25) is 5.02 Å². The zero-order valence-corrected chi connectivity index (χ0v) is 26.7. The fraction of sp³-hybridized carbons (Fsp3) is 0.351. The van der Waals surface area contributed by atoms with Gasteiger partial charge in [-0.05, 0) is 73.6 Å². The van der Waals surface area contributed by atoms with Gasteiger partial charge in [-0.1, -0.05) is 48.0 Å². The SMILES string of the molecule is CCOc1cc(COc2c(Cl)cc(C3C4=C(CCCC4=O)N(C)C4=C3C(=O)CCC4)cc2OC)ccc1OCc1ccccc1. The van der Waals surface area contributed by atoms with Gasteiger partial charge in [-0.15, -0.1) is 0 Å². The molecule has 6 rings (SSSR count). The van der Waals surface area contributed by atoms with E-state index in [9.17, 15) is 9.59 Å². The minimum absolute atomic E-state index is 0.0923. The number of ketones is 2. The maximum absolute atomic E-state index is 13.4. The van der Waals surface area contributed by atoms with Crippen molar-refractivity contribution in [2.24, 2.45) is 0 Å². The Labute approximate surface area is 269 Å². The molecule has 234 valence electrons. The number of allylic oxidation sites excluding steroid dienone is 4. The summed E-state index contributed by atoms with van der Waals surface area (Å²) in [5, 5.41) is 0.354. The third kappa shape index (κ3) is 6.19. The van der Waals surface area contributed by atoms with E-state index in [4.69, 9.17) is 30.5 Å². The summed E-state index contributed by atoms with van der Waals surface area (Å²) in [5.74, 6) is 1.84. The van der Waals surface area contributed by atoms with Crippen LogP contribution in [0.25, 0.3) is 0 Å². The van der Waals surface area contributed by atoms with Gasteiger partial charge >= 0.3 is 0 Å². The lowest BCUT2D eigenvalue weighted by Gasteiger charge is -2.42. The van der Waals surface area contributed by atoms with Crippen LogP contribution in [-0.4, -0.2) is 37.2 Å². The second-order valence-corrected chi connectivity index (χ2v) is 12.0. The molecule has 0 unspecified atom stereocenters. The topological polar surface area (TPSA) is 74.3 Å². The first-order valence-corrected chi connectivity index (χ1v) is 16.0. The molecule has 45 heavy (non-hydrogen) atoms. The predicted molar refractivity (Wildman–Crippen MR) is 173 cm³/mol. The fourth-order valence-electron chi connectivity index (χ4n) is 6.65. The molecule has 0 bridgehead atoms. The number of carbonyl (C=O) groups is 2. The highest BCUT2D eigenvalue weighted by Crippen LogP contribution is 2.50. The van der Waals surface area contributed by atoms with Crippen molar-refractivity contribution in [1.29, 1.82) is 0 Å². The van der Waals surface area contributed by atoms with Crippen LogP contribution in [0, 0.1) is 0 Å². The highest BCUT2D eigenvalue weighted by atomic mass is 35.5. The number of methoxy groups -OCH3 is 1. The minimum atomic E-state index is -0.468. The van der Waals surface area contributed by atoms with Crippen LogP contribution >= 0.6 is 11.6 Å². The molecule has 1 aliphatic heterocycles. The maximum atomic E-state index is 13.4. The molecule has 0 fully saturated rings. The van der Waals surface area contributed by atoms with Crippen molar-refractivity contribution in [2.45, 2.75) is 64.6 Å². The number of benzene rings is 3. The molecule has 3 aliphatic rings. The summed E-state index contributed by atoms with van der Waals surface area (Å²) < 4.78 is 24.0. The maximum Gasteiger partial charge on any atom is 0.180 e. The molecule has 3 aromatic rings. The van der Waals surface area contributed by atoms with Gasteiger partial charge in [0, 0.05) is 48.3 Å². The van der Waals surface area contributed by atoms with E-state index in [1.165, 1.54) is 0 Å². The minimum Gasteiger partial charge on any atom is -0.493 e. The number of nitrogens with zero attached hydrogens (tertiary/aromatic N) is 1. The number of halogens is 1. The largest absolute Gasteiger partial charge is 0.493 e. The molecule has 8 heteroatoms. The van der Waals surface area contributed by atoms with Crippen LogP contribution in [0.5, 0.6) is 23.0 Å². The molecule has 3 aromatic carbocycles. The molecule has 0 amide bonds. The van der Waals surface area contributed by atoms with E-state index in [-0.39, 0.29) is 18.2 Å². The highest BCUT2D eigenvalue weighted by Gasteiger charge is 2.42. The van der Waals surface area contributed by atoms with Gasteiger partial charge in [0.05, 0.1) is 18.7 Å². The summed E-state index contributed by atoms with van der Waals surface area (Å²) in [4.78, 5) is 28.9. The molecule has 0 N–H and O–H groups in total. The molecule has 0 aromatic heterocycles. The Hall–Kier alpha value is -4.23. The van der Waals surface area contributed by atoms with E-state index < -0.39 is 5.92 Å². The quantitative estimate of drug-likeness (QED) is 0.226. The first-order valence-electron chi connectivity index (χ1n) is 15.6. The lowest BCUT2D eigenvalue weighted by molar-refractivity contribution is -0.117. The molecule has 2 aliphatic carbocycles. The van der Waals surface area contributed by atoms with E-state index in [1.807, 2.05) is 74.6 Å². The number of ether oxygens (including phenoxy) is 4. The number of hydrogen-bond acceptors (Lipinski definition) is 7. The normalized spacial score (nSPS) is 16.8. The van der Waals surface area contributed by atoms with Crippen molar-refractivity contribution in [1.82, 2.24) is 4.90 Å². The molecule has 0 radical (unpaired) electrons. The fourth-order valence-corrected chi connectivity index (χ4v) is 6.93. The highest BCUT2D eigenvalue weighted by molar-refractivity contribution is 6.32. The van der Waals surface area contributed by atoms with Crippen LogP contribution < -0.4 is 18.9 Å². The zero-order valence-electron chi connectivity index (χ0n) is 26.0. The number of carbonyl (C=O) groups excluding carboxylic acids is 2. The van der Waals surface area contributed by atoms with Crippen molar-refractivity contribution < 1.29 is 28.5 Å². The molecular formula is C37H38ClNO6. The zero-order chi connectivity index (χ0) is 31.5. The van der Waals surface area contributed by atoms with Crippen molar-refractivity contribution in [3.8, 4) is 23.0 Å².